The van der Waals surface area contributed by atoms with Crippen molar-refractivity contribution in [2.24, 2.45) is 0 Å². The molecule has 0 aliphatic carbocycles. The normalized spacial score (nSPS) is 16.3. The molecule has 2 aromatic heterocycles. The molecule has 0 radical (unpaired) electrons. The first-order valence-electron chi connectivity index (χ1n) is 11.1. The summed E-state index contributed by atoms with van der Waals surface area (Å²) in [6.45, 7) is 5.60. The molecular formula is C24H26F3N7. The number of likely N-dealkylation sites (N-methyl/N-ethyl adjacent to an activating group) is 1. The number of benzene rings is 2. The van der Waals surface area contributed by atoms with Crippen LogP contribution in [0.15, 0.2) is 48.8 Å². The number of piperazine rings is 1. The van der Waals surface area contributed by atoms with Crippen molar-refractivity contribution in [1.82, 2.24) is 19.3 Å². The maximum Gasteiger partial charge on any atom is 0.416 e. The van der Waals surface area contributed by atoms with Gasteiger partial charge < -0.3 is 20.9 Å². The molecule has 0 amide bonds. The van der Waals surface area contributed by atoms with Crippen LogP contribution in [0, 0.1) is 0 Å². The zero-order valence-corrected chi connectivity index (χ0v) is 19.0. The molecule has 178 valence electrons. The molecule has 0 unspecified atom stereocenters. The highest BCUT2D eigenvalue weighted by Gasteiger charge is 2.31. The minimum atomic E-state index is -4.47. The lowest BCUT2D eigenvalue weighted by Crippen LogP contribution is -2.44. The second-order valence-electron chi connectivity index (χ2n) is 8.80. The van der Waals surface area contributed by atoms with Crippen LogP contribution in [0.5, 0.6) is 0 Å². The molecule has 5 rings (SSSR count). The monoisotopic (exact) mass is 469 g/mol. The second-order valence-corrected chi connectivity index (χ2v) is 8.80. The highest BCUT2D eigenvalue weighted by molar-refractivity contribution is 5.93. The van der Waals surface area contributed by atoms with Gasteiger partial charge in [-0.1, -0.05) is 0 Å². The number of nitrogens with two attached hydrogens (primary N) is 1. The first-order valence-corrected chi connectivity index (χ1v) is 11.1. The first kappa shape index (κ1) is 22.3. The molecule has 1 aliphatic rings. The topological polar surface area (TPSA) is 74.7 Å². The van der Waals surface area contributed by atoms with Gasteiger partial charge >= 0.3 is 6.18 Å². The standard InChI is InChI=1S/C24H26F3N7/c1-15(16-11-17(24(25,26)27)13-18(28)12-16)30-22-20-14-19(33-9-7-32(2)8-10-33)3-4-21(20)34-6-5-29-23(34)31-22/h3-6,11-15H,7-10,28H2,1-2H3,(H,29,30,31)/t15-/m1/s1. The van der Waals surface area contributed by atoms with Crippen molar-refractivity contribution in [2.75, 3.05) is 49.2 Å². The number of fused-ring (bicyclic) bond motifs is 3. The molecular weight excluding hydrogens is 443 g/mol. The third-order valence-electron chi connectivity index (χ3n) is 6.35. The summed E-state index contributed by atoms with van der Waals surface area (Å²) in [5.74, 6) is 1.08. The third-order valence-corrected chi connectivity index (χ3v) is 6.35. The van der Waals surface area contributed by atoms with Crippen LogP contribution in [0.3, 0.4) is 0 Å². The maximum absolute atomic E-state index is 13.3. The van der Waals surface area contributed by atoms with Crippen LogP contribution in [0.1, 0.15) is 24.1 Å². The van der Waals surface area contributed by atoms with Crippen molar-refractivity contribution in [1.29, 1.82) is 0 Å². The number of nitrogen functional groups attached to an aromatic ring is 1. The van der Waals surface area contributed by atoms with Gasteiger partial charge in [0.25, 0.3) is 0 Å². The predicted octanol–water partition coefficient (Wildman–Crippen LogP) is 4.41. The number of imidazole rings is 1. The van der Waals surface area contributed by atoms with Crippen LogP contribution in [0.2, 0.25) is 0 Å². The number of hydrogen-bond donors (Lipinski definition) is 2. The van der Waals surface area contributed by atoms with E-state index in [4.69, 9.17) is 5.73 Å². The van der Waals surface area contributed by atoms with Crippen LogP contribution < -0.4 is 16.0 Å². The van der Waals surface area contributed by atoms with Crippen LogP contribution >= 0.6 is 0 Å². The number of alkyl halides is 3. The number of nitrogens with zero attached hydrogens (tertiary/aromatic N) is 5. The molecule has 2 aromatic carbocycles. The lowest BCUT2D eigenvalue weighted by Gasteiger charge is -2.34. The summed E-state index contributed by atoms with van der Waals surface area (Å²) in [5.41, 5.74) is 7.51. The Bertz CT molecular complexity index is 1340. The van der Waals surface area contributed by atoms with Gasteiger partial charge in [-0.15, -0.1) is 0 Å². The summed E-state index contributed by atoms with van der Waals surface area (Å²) in [6.07, 6.45) is -0.946. The van der Waals surface area contributed by atoms with E-state index in [9.17, 15) is 13.2 Å². The van der Waals surface area contributed by atoms with Gasteiger partial charge in [-0.3, -0.25) is 4.40 Å². The van der Waals surface area contributed by atoms with Crippen molar-refractivity contribution in [3.63, 3.8) is 0 Å². The Morgan fingerprint density at radius 1 is 1.06 bits per heavy atom. The SMILES string of the molecule is C[C@@H](Nc1nc2nccn2c2ccc(N3CCN(C)CC3)cc12)c1cc(N)cc(C(F)(F)F)c1. The van der Waals surface area contributed by atoms with Crippen LogP contribution in [0.25, 0.3) is 16.7 Å². The quantitative estimate of drug-likeness (QED) is 0.432. The van der Waals surface area contributed by atoms with Crippen LogP contribution in [-0.4, -0.2) is 52.5 Å². The zero-order valence-electron chi connectivity index (χ0n) is 19.0. The fraction of sp³-hybridized carbons (Fsp3) is 0.333. The fourth-order valence-corrected chi connectivity index (χ4v) is 4.40. The Kier molecular flexibility index (Phi) is 5.47. The Morgan fingerprint density at radius 3 is 2.56 bits per heavy atom. The summed E-state index contributed by atoms with van der Waals surface area (Å²) in [4.78, 5) is 13.6. The summed E-state index contributed by atoms with van der Waals surface area (Å²) in [6, 6.07) is 9.38. The lowest BCUT2D eigenvalue weighted by molar-refractivity contribution is -0.137. The average Bonchev–Trinajstić information content (AvgIpc) is 3.27. The highest BCUT2D eigenvalue weighted by atomic mass is 19.4. The van der Waals surface area contributed by atoms with Gasteiger partial charge in [0.2, 0.25) is 5.78 Å². The molecule has 1 atom stereocenters. The summed E-state index contributed by atoms with van der Waals surface area (Å²) < 4.78 is 41.9. The number of nitrogens with one attached hydrogen (secondary N) is 1. The minimum absolute atomic E-state index is 0.0670. The van der Waals surface area contributed by atoms with Gasteiger partial charge in [-0.2, -0.15) is 18.2 Å². The highest BCUT2D eigenvalue weighted by Crippen LogP contribution is 2.35. The average molecular weight is 470 g/mol. The van der Waals surface area contributed by atoms with Crippen molar-refractivity contribution in [3.05, 3.63) is 59.9 Å². The Balaban J connectivity index is 1.55. The summed E-state index contributed by atoms with van der Waals surface area (Å²) in [5, 5.41) is 4.18. The Morgan fingerprint density at radius 2 is 1.82 bits per heavy atom. The number of rotatable bonds is 4. The maximum atomic E-state index is 13.3. The Hall–Kier alpha value is -3.53. The van der Waals surface area contributed by atoms with Gasteiger partial charge in [-0.25, -0.2) is 4.98 Å². The molecule has 3 N–H and O–H groups in total. The number of hydrogen-bond acceptors (Lipinski definition) is 6. The van der Waals surface area contributed by atoms with Crippen molar-refractivity contribution in [3.8, 4) is 0 Å². The molecule has 1 aliphatic heterocycles. The van der Waals surface area contributed by atoms with Gasteiger partial charge in [-0.05, 0) is 55.9 Å². The van der Waals surface area contributed by atoms with E-state index in [0.29, 0.717) is 17.2 Å². The summed E-state index contributed by atoms with van der Waals surface area (Å²) >= 11 is 0. The summed E-state index contributed by atoms with van der Waals surface area (Å²) in [7, 11) is 2.11. The van der Waals surface area contributed by atoms with E-state index >= 15 is 0 Å². The molecule has 1 fully saturated rings. The third kappa shape index (κ3) is 4.21. The second kappa shape index (κ2) is 8.35. The van der Waals surface area contributed by atoms with Gasteiger partial charge in [0.15, 0.2) is 0 Å². The predicted molar refractivity (Wildman–Crippen MR) is 128 cm³/mol. The van der Waals surface area contributed by atoms with Crippen molar-refractivity contribution in [2.45, 2.75) is 19.1 Å². The van der Waals surface area contributed by atoms with E-state index in [1.54, 1.807) is 19.2 Å². The van der Waals surface area contributed by atoms with E-state index in [1.807, 2.05) is 16.7 Å². The first-order chi connectivity index (χ1) is 16.2. The fourth-order valence-electron chi connectivity index (χ4n) is 4.40. The molecule has 34 heavy (non-hydrogen) atoms. The molecule has 4 aromatic rings. The largest absolute Gasteiger partial charge is 0.416 e. The van der Waals surface area contributed by atoms with Crippen molar-refractivity contribution >= 4 is 33.9 Å². The number of anilines is 3. The van der Waals surface area contributed by atoms with Gasteiger partial charge in [0.05, 0.1) is 17.1 Å². The van der Waals surface area contributed by atoms with Gasteiger partial charge in [0.1, 0.15) is 5.82 Å². The molecule has 0 saturated carbocycles. The van der Waals surface area contributed by atoms with E-state index in [2.05, 4.69) is 44.3 Å². The van der Waals surface area contributed by atoms with Crippen molar-refractivity contribution < 1.29 is 13.2 Å². The molecule has 0 bridgehead atoms. The molecule has 0 spiro atoms. The smallest absolute Gasteiger partial charge is 0.399 e. The molecule has 10 heteroatoms. The van der Waals surface area contributed by atoms with Crippen LogP contribution in [-0.2, 0) is 6.18 Å². The Labute approximate surface area is 195 Å². The lowest BCUT2D eigenvalue weighted by atomic mass is 10.0. The minimum Gasteiger partial charge on any atom is -0.399 e. The number of halogens is 3. The van der Waals surface area contributed by atoms with E-state index in [1.165, 1.54) is 0 Å². The van der Waals surface area contributed by atoms with E-state index in [0.717, 1.165) is 54.9 Å². The van der Waals surface area contributed by atoms with E-state index < -0.39 is 17.8 Å². The van der Waals surface area contributed by atoms with E-state index in [-0.39, 0.29) is 5.69 Å². The zero-order chi connectivity index (χ0) is 24.0. The van der Waals surface area contributed by atoms with Gasteiger partial charge in [0, 0.05) is 55.3 Å². The molecule has 3 heterocycles. The molecule has 1 saturated heterocycles. The van der Waals surface area contributed by atoms with Crippen LogP contribution in [0.4, 0.5) is 30.4 Å². The molecule has 7 nitrogen and oxygen atoms in total. The number of aromatic nitrogens is 3.